The summed E-state index contributed by atoms with van der Waals surface area (Å²) in [6.45, 7) is 6.06. The average Bonchev–Trinajstić information content (AvgIpc) is 2.15. The molecule has 0 saturated heterocycles. The molecule has 1 atom stereocenters. The van der Waals surface area contributed by atoms with Crippen molar-refractivity contribution in [1.82, 2.24) is 5.32 Å². The fourth-order valence-electron chi connectivity index (χ4n) is 0.937. The molecule has 0 radical (unpaired) electrons. The van der Waals surface area contributed by atoms with E-state index >= 15 is 0 Å². The van der Waals surface area contributed by atoms with E-state index in [1.165, 1.54) is 0 Å². The zero-order valence-electron chi connectivity index (χ0n) is 9.45. The highest BCUT2D eigenvalue weighted by molar-refractivity contribution is 8.00. The Morgan fingerprint density at radius 2 is 2.00 bits per heavy atom. The van der Waals surface area contributed by atoms with Crippen molar-refractivity contribution in [3.8, 4) is 0 Å². The summed E-state index contributed by atoms with van der Waals surface area (Å²) in [5.41, 5.74) is 0. The second-order valence-corrected chi connectivity index (χ2v) is 5.17. The molecule has 0 saturated carbocycles. The van der Waals surface area contributed by atoms with Crippen molar-refractivity contribution < 1.29 is 14.7 Å². The summed E-state index contributed by atoms with van der Waals surface area (Å²) in [6, 6.07) is 0. The number of aliphatic carboxylic acids is 1. The molecule has 0 aliphatic carbocycles. The van der Waals surface area contributed by atoms with Gasteiger partial charge in [-0.2, -0.15) is 0 Å². The highest BCUT2D eigenvalue weighted by atomic mass is 32.2. The van der Waals surface area contributed by atoms with E-state index in [0.29, 0.717) is 17.4 Å². The Balaban J connectivity index is 3.74. The summed E-state index contributed by atoms with van der Waals surface area (Å²) in [5.74, 6) is -1.02. The lowest BCUT2D eigenvalue weighted by Gasteiger charge is -2.11. The van der Waals surface area contributed by atoms with E-state index in [1.54, 1.807) is 18.7 Å². The number of amides is 1. The van der Waals surface area contributed by atoms with Gasteiger partial charge in [0.05, 0.1) is 11.7 Å². The normalized spacial score (nSPS) is 12.5. The molecular weight excluding hydrogens is 214 g/mol. The van der Waals surface area contributed by atoms with Gasteiger partial charge in [-0.05, 0) is 11.7 Å². The number of carbonyl (C=O) groups is 2. The molecule has 0 aliphatic rings. The van der Waals surface area contributed by atoms with Crippen LogP contribution in [0.1, 0.15) is 27.2 Å². The number of rotatable bonds is 7. The molecule has 1 amide bonds. The molecular formula is C10H19NO3S. The van der Waals surface area contributed by atoms with Crippen LogP contribution in [-0.2, 0) is 9.59 Å². The molecule has 0 aromatic rings. The number of hydrogen-bond acceptors (Lipinski definition) is 3. The van der Waals surface area contributed by atoms with Gasteiger partial charge in [-0.15, -0.1) is 11.8 Å². The molecule has 1 unspecified atom stereocenters. The molecule has 0 fully saturated rings. The van der Waals surface area contributed by atoms with Gasteiger partial charge in [-0.25, -0.2) is 0 Å². The summed E-state index contributed by atoms with van der Waals surface area (Å²) in [6.07, 6.45) is 0.535. The van der Waals surface area contributed by atoms with Gasteiger partial charge in [0.2, 0.25) is 5.91 Å². The van der Waals surface area contributed by atoms with Crippen molar-refractivity contribution in [3.63, 3.8) is 0 Å². The van der Waals surface area contributed by atoms with Gasteiger partial charge in [0.1, 0.15) is 0 Å². The van der Waals surface area contributed by atoms with Crippen LogP contribution in [0.15, 0.2) is 0 Å². The Kier molecular flexibility index (Phi) is 7.21. The Morgan fingerprint density at radius 3 is 2.40 bits per heavy atom. The lowest BCUT2D eigenvalue weighted by atomic mass is 10.1. The Hall–Kier alpha value is -0.710. The van der Waals surface area contributed by atoms with Gasteiger partial charge < -0.3 is 10.4 Å². The Labute approximate surface area is 94.8 Å². The van der Waals surface area contributed by atoms with E-state index in [2.05, 4.69) is 5.32 Å². The van der Waals surface area contributed by atoms with E-state index in [-0.39, 0.29) is 12.5 Å². The molecule has 0 aromatic heterocycles. The van der Waals surface area contributed by atoms with E-state index in [9.17, 15) is 9.59 Å². The predicted octanol–water partition coefficient (Wildman–Crippen LogP) is 1.35. The molecule has 0 aromatic carbocycles. The summed E-state index contributed by atoms with van der Waals surface area (Å²) < 4.78 is 0. The maximum atomic E-state index is 11.3. The van der Waals surface area contributed by atoms with Crippen LogP contribution in [-0.4, -0.2) is 34.5 Å². The smallest absolute Gasteiger partial charge is 0.308 e. The molecule has 4 nitrogen and oxygen atoms in total. The number of carbonyl (C=O) groups excluding carboxylic acids is 1. The lowest BCUT2D eigenvalue weighted by molar-refractivity contribution is -0.141. The minimum Gasteiger partial charge on any atom is -0.481 e. The molecule has 15 heavy (non-hydrogen) atoms. The van der Waals surface area contributed by atoms with Crippen LogP contribution in [0.3, 0.4) is 0 Å². The lowest BCUT2D eigenvalue weighted by Crippen LogP contribution is -2.33. The zero-order valence-corrected chi connectivity index (χ0v) is 10.3. The third-order valence-corrected chi connectivity index (χ3v) is 3.03. The third-order valence-electron chi connectivity index (χ3n) is 1.94. The summed E-state index contributed by atoms with van der Waals surface area (Å²) in [4.78, 5) is 21.9. The zero-order chi connectivity index (χ0) is 11.8. The van der Waals surface area contributed by atoms with E-state index in [4.69, 9.17) is 5.11 Å². The van der Waals surface area contributed by atoms with Crippen molar-refractivity contribution >= 4 is 23.6 Å². The second kappa shape index (κ2) is 7.56. The Bertz CT molecular complexity index is 219. The summed E-state index contributed by atoms with van der Waals surface area (Å²) >= 11 is 1.55. The minimum atomic E-state index is -0.852. The molecule has 0 bridgehead atoms. The van der Waals surface area contributed by atoms with Gasteiger partial charge in [0, 0.05) is 6.54 Å². The summed E-state index contributed by atoms with van der Waals surface area (Å²) in [5, 5.41) is 11.8. The van der Waals surface area contributed by atoms with Crippen LogP contribution in [0.4, 0.5) is 0 Å². The first kappa shape index (κ1) is 14.3. The molecule has 5 heteroatoms. The standard InChI is InChI=1S/C10H19NO3S/c1-4-8(10(13)14)5-11-9(12)6-15-7(2)3/h7-8H,4-6H2,1-3H3,(H,11,12)(H,13,14). The van der Waals surface area contributed by atoms with E-state index < -0.39 is 11.9 Å². The average molecular weight is 233 g/mol. The Morgan fingerprint density at radius 1 is 1.40 bits per heavy atom. The molecule has 0 rings (SSSR count). The highest BCUT2D eigenvalue weighted by Crippen LogP contribution is 2.08. The number of hydrogen-bond donors (Lipinski definition) is 2. The summed E-state index contributed by atoms with van der Waals surface area (Å²) in [7, 11) is 0. The maximum Gasteiger partial charge on any atom is 0.308 e. The van der Waals surface area contributed by atoms with Gasteiger partial charge in [0.25, 0.3) is 0 Å². The number of carboxylic acid groups (broad SMARTS) is 1. The van der Waals surface area contributed by atoms with E-state index in [1.807, 2.05) is 13.8 Å². The molecule has 88 valence electrons. The quantitative estimate of drug-likeness (QED) is 0.696. The maximum absolute atomic E-state index is 11.3. The topological polar surface area (TPSA) is 66.4 Å². The third kappa shape index (κ3) is 7.25. The first-order valence-corrected chi connectivity index (χ1v) is 6.13. The van der Waals surface area contributed by atoms with Crippen LogP contribution < -0.4 is 5.32 Å². The van der Waals surface area contributed by atoms with Crippen LogP contribution >= 0.6 is 11.8 Å². The number of nitrogens with one attached hydrogen (secondary N) is 1. The van der Waals surface area contributed by atoms with Crippen molar-refractivity contribution in [2.24, 2.45) is 5.92 Å². The first-order valence-electron chi connectivity index (χ1n) is 5.08. The van der Waals surface area contributed by atoms with Gasteiger partial charge in [-0.3, -0.25) is 9.59 Å². The van der Waals surface area contributed by atoms with E-state index in [0.717, 1.165) is 0 Å². The largest absolute Gasteiger partial charge is 0.481 e. The van der Waals surface area contributed by atoms with Crippen molar-refractivity contribution in [3.05, 3.63) is 0 Å². The van der Waals surface area contributed by atoms with Gasteiger partial charge in [0.15, 0.2) is 0 Å². The SMILES string of the molecule is CCC(CNC(=O)CSC(C)C)C(=O)O. The molecule has 0 aliphatic heterocycles. The minimum absolute atomic E-state index is 0.0894. The fourth-order valence-corrected chi connectivity index (χ4v) is 1.52. The van der Waals surface area contributed by atoms with Crippen molar-refractivity contribution in [2.45, 2.75) is 32.4 Å². The first-order chi connectivity index (χ1) is 6.97. The van der Waals surface area contributed by atoms with Crippen molar-refractivity contribution in [2.75, 3.05) is 12.3 Å². The van der Waals surface area contributed by atoms with Crippen LogP contribution in [0.5, 0.6) is 0 Å². The van der Waals surface area contributed by atoms with Crippen LogP contribution in [0.25, 0.3) is 0 Å². The molecule has 2 N–H and O–H groups in total. The van der Waals surface area contributed by atoms with Crippen LogP contribution in [0, 0.1) is 5.92 Å². The van der Waals surface area contributed by atoms with Crippen molar-refractivity contribution in [1.29, 1.82) is 0 Å². The molecule has 0 spiro atoms. The number of thioether (sulfide) groups is 1. The van der Waals surface area contributed by atoms with Crippen LogP contribution in [0.2, 0.25) is 0 Å². The van der Waals surface area contributed by atoms with Gasteiger partial charge in [-0.1, -0.05) is 20.8 Å². The predicted molar refractivity (Wildman–Crippen MR) is 62.0 cm³/mol. The van der Waals surface area contributed by atoms with Gasteiger partial charge >= 0.3 is 5.97 Å². The second-order valence-electron chi connectivity index (χ2n) is 3.61. The molecule has 0 heterocycles. The number of carboxylic acids is 1. The highest BCUT2D eigenvalue weighted by Gasteiger charge is 2.15. The monoisotopic (exact) mass is 233 g/mol. The fraction of sp³-hybridized carbons (Fsp3) is 0.800.